The Morgan fingerprint density at radius 2 is 2.12 bits per heavy atom. The molecular formula is C14H17BrClF2N5O. The highest BCUT2D eigenvalue weighted by Gasteiger charge is 2.21. The van der Waals surface area contributed by atoms with Gasteiger partial charge in [-0.05, 0) is 36.2 Å². The summed E-state index contributed by atoms with van der Waals surface area (Å²) in [7, 11) is 0. The lowest BCUT2D eigenvalue weighted by Crippen LogP contribution is -2.29. The minimum Gasteiger partial charge on any atom is -0.354 e. The third-order valence-electron chi connectivity index (χ3n) is 3.43. The predicted molar refractivity (Wildman–Crippen MR) is 89.2 cm³/mol. The second-order valence-corrected chi connectivity index (χ2v) is 6.50. The van der Waals surface area contributed by atoms with Gasteiger partial charge in [-0.1, -0.05) is 11.6 Å². The van der Waals surface area contributed by atoms with E-state index in [1.807, 2.05) is 13.1 Å². The van der Waals surface area contributed by atoms with Gasteiger partial charge in [-0.2, -0.15) is 10.2 Å². The van der Waals surface area contributed by atoms with Gasteiger partial charge in [-0.25, -0.2) is 8.78 Å². The van der Waals surface area contributed by atoms with E-state index in [1.165, 1.54) is 4.68 Å². The summed E-state index contributed by atoms with van der Waals surface area (Å²) in [5.74, 6) is -0.309. The van der Waals surface area contributed by atoms with E-state index >= 15 is 0 Å². The van der Waals surface area contributed by atoms with Gasteiger partial charge in [0.1, 0.15) is 12.2 Å². The Morgan fingerprint density at radius 1 is 1.42 bits per heavy atom. The molecule has 132 valence electrons. The molecule has 0 fully saturated rings. The SMILES string of the molecule is Cc1nn(CCCNC(=O)Cn2nc(C(F)F)c(Cl)c2C)cc1Br. The molecule has 0 unspecified atom stereocenters. The standard InChI is InChI=1S/C14H17BrClF2N5O/c1-8-10(15)6-22(20-8)5-3-4-19-11(24)7-23-9(2)12(16)13(21-23)14(17)18/h6,14H,3-5,7H2,1-2H3,(H,19,24). The molecule has 2 heterocycles. The third kappa shape index (κ3) is 4.54. The Labute approximate surface area is 151 Å². The van der Waals surface area contributed by atoms with Crippen LogP contribution in [0.1, 0.15) is 29.9 Å². The van der Waals surface area contributed by atoms with Crippen LogP contribution in [-0.4, -0.2) is 32.0 Å². The lowest BCUT2D eigenvalue weighted by atomic mass is 10.3. The molecule has 0 radical (unpaired) electrons. The van der Waals surface area contributed by atoms with Crippen molar-refractivity contribution in [2.45, 2.75) is 39.8 Å². The van der Waals surface area contributed by atoms with E-state index in [0.29, 0.717) is 25.2 Å². The van der Waals surface area contributed by atoms with Crippen LogP contribution in [0, 0.1) is 13.8 Å². The third-order valence-corrected chi connectivity index (χ3v) is 4.68. The van der Waals surface area contributed by atoms with Gasteiger partial charge < -0.3 is 5.32 Å². The molecule has 0 spiro atoms. The molecule has 0 saturated heterocycles. The molecule has 0 aromatic carbocycles. The Bertz CT molecular complexity index is 712. The Morgan fingerprint density at radius 3 is 2.67 bits per heavy atom. The van der Waals surface area contributed by atoms with Crippen molar-refractivity contribution in [3.05, 3.63) is 32.8 Å². The first kappa shape index (κ1) is 18.9. The Balaban J connectivity index is 1.80. The summed E-state index contributed by atoms with van der Waals surface area (Å²) in [5.41, 5.74) is 0.750. The molecule has 0 aliphatic heterocycles. The number of hydrogen-bond acceptors (Lipinski definition) is 3. The smallest absolute Gasteiger partial charge is 0.283 e. The van der Waals surface area contributed by atoms with E-state index < -0.39 is 12.1 Å². The molecule has 1 amide bonds. The molecule has 2 rings (SSSR count). The van der Waals surface area contributed by atoms with Gasteiger partial charge in [-0.15, -0.1) is 0 Å². The second-order valence-electron chi connectivity index (χ2n) is 5.27. The number of carbonyl (C=O) groups excluding carboxylic acids is 1. The molecule has 0 saturated carbocycles. The number of nitrogens with one attached hydrogen (secondary N) is 1. The van der Waals surface area contributed by atoms with Crippen molar-refractivity contribution in [3.63, 3.8) is 0 Å². The summed E-state index contributed by atoms with van der Waals surface area (Å²) in [6.07, 6.45) is -0.198. The quantitative estimate of drug-likeness (QED) is 0.694. The zero-order valence-corrected chi connectivity index (χ0v) is 15.5. The van der Waals surface area contributed by atoms with E-state index in [9.17, 15) is 13.6 Å². The van der Waals surface area contributed by atoms with E-state index in [4.69, 9.17) is 11.6 Å². The summed E-state index contributed by atoms with van der Waals surface area (Å²) in [5, 5.41) is 10.6. The minimum absolute atomic E-state index is 0.0996. The maximum Gasteiger partial charge on any atom is 0.283 e. The van der Waals surface area contributed by atoms with Crippen LogP contribution < -0.4 is 5.32 Å². The number of hydrogen-bond donors (Lipinski definition) is 1. The number of aromatic nitrogens is 4. The molecule has 0 aliphatic carbocycles. The number of halogens is 4. The van der Waals surface area contributed by atoms with Gasteiger partial charge in [0.15, 0.2) is 0 Å². The number of aryl methyl sites for hydroxylation is 2. The summed E-state index contributed by atoms with van der Waals surface area (Å²) < 4.78 is 29.4. The highest BCUT2D eigenvalue weighted by Crippen LogP contribution is 2.28. The monoisotopic (exact) mass is 423 g/mol. The van der Waals surface area contributed by atoms with Crippen LogP contribution >= 0.6 is 27.5 Å². The van der Waals surface area contributed by atoms with Crippen LogP contribution in [0.25, 0.3) is 0 Å². The van der Waals surface area contributed by atoms with E-state index in [1.54, 1.807) is 11.6 Å². The Kier molecular flexibility index (Phi) is 6.34. The lowest BCUT2D eigenvalue weighted by molar-refractivity contribution is -0.121. The minimum atomic E-state index is -2.77. The van der Waals surface area contributed by atoms with Gasteiger partial charge in [-0.3, -0.25) is 14.2 Å². The average Bonchev–Trinajstić information content (AvgIpc) is 2.98. The maximum absolute atomic E-state index is 12.7. The molecule has 0 aliphatic rings. The normalized spacial score (nSPS) is 11.3. The molecule has 6 nitrogen and oxygen atoms in total. The fraction of sp³-hybridized carbons (Fsp3) is 0.500. The van der Waals surface area contributed by atoms with Crippen LogP contribution in [0.3, 0.4) is 0 Å². The number of amides is 1. The predicted octanol–water partition coefficient (Wildman–Crippen LogP) is 3.26. The first-order chi connectivity index (χ1) is 11.3. The molecule has 0 bridgehead atoms. The summed E-state index contributed by atoms with van der Waals surface area (Å²) in [4.78, 5) is 11.9. The number of alkyl halides is 2. The zero-order chi connectivity index (χ0) is 17.9. The number of rotatable bonds is 7. The van der Waals surface area contributed by atoms with Gasteiger partial charge in [0.25, 0.3) is 6.43 Å². The molecule has 1 N–H and O–H groups in total. The summed E-state index contributed by atoms with van der Waals surface area (Å²) in [6, 6.07) is 0. The molecule has 2 aromatic heterocycles. The topological polar surface area (TPSA) is 64.7 Å². The van der Waals surface area contributed by atoms with Gasteiger partial charge in [0, 0.05) is 19.3 Å². The maximum atomic E-state index is 12.7. The van der Waals surface area contributed by atoms with E-state index in [0.717, 1.165) is 10.2 Å². The number of carbonyl (C=O) groups is 1. The van der Waals surface area contributed by atoms with Crippen molar-refractivity contribution in [1.29, 1.82) is 0 Å². The van der Waals surface area contributed by atoms with Crippen LogP contribution in [0.15, 0.2) is 10.7 Å². The highest BCUT2D eigenvalue weighted by atomic mass is 79.9. The lowest BCUT2D eigenvalue weighted by Gasteiger charge is -2.07. The zero-order valence-electron chi connectivity index (χ0n) is 13.2. The number of nitrogens with zero attached hydrogens (tertiary/aromatic N) is 4. The van der Waals surface area contributed by atoms with Crippen molar-refractivity contribution >= 4 is 33.4 Å². The molecule has 24 heavy (non-hydrogen) atoms. The van der Waals surface area contributed by atoms with Crippen molar-refractivity contribution < 1.29 is 13.6 Å². The van der Waals surface area contributed by atoms with Crippen LogP contribution in [-0.2, 0) is 17.9 Å². The fourth-order valence-corrected chi connectivity index (χ4v) is 2.64. The first-order valence-corrected chi connectivity index (χ1v) is 8.44. The largest absolute Gasteiger partial charge is 0.354 e. The van der Waals surface area contributed by atoms with Gasteiger partial charge in [0.05, 0.1) is 20.9 Å². The van der Waals surface area contributed by atoms with Crippen LogP contribution in [0.5, 0.6) is 0 Å². The van der Waals surface area contributed by atoms with Crippen LogP contribution in [0.4, 0.5) is 8.78 Å². The van der Waals surface area contributed by atoms with Gasteiger partial charge in [0.2, 0.25) is 5.91 Å². The first-order valence-electron chi connectivity index (χ1n) is 7.26. The van der Waals surface area contributed by atoms with E-state index in [-0.39, 0.29) is 17.5 Å². The van der Waals surface area contributed by atoms with Crippen molar-refractivity contribution in [3.8, 4) is 0 Å². The summed E-state index contributed by atoms with van der Waals surface area (Å²) >= 11 is 9.18. The summed E-state index contributed by atoms with van der Waals surface area (Å²) in [6.45, 7) is 4.41. The van der Waals surface area contributed by atoms with Crippen LogP contribution in [0.2, 0.25) is 5.02 Å². The van der Waals surface area contributed by atoms with Crippen molar-refractivity contribution in [2.24, 2.45) is 0 Å². The van der Waals surface area contributed by atoms with Crippen molar-refractivity contribution in [2.75, 3.05) is 6.54 Å². The van der Waals surface area contributed by atoms with Crippen molar-refractivity contribution in [1.82, 2.24) is 24.9 Å². The fourth-order valence-electron chi connectivity index (χ4n) is 2.11. The van der Waals surface area contributed by atoms with E-state index in [2.05, 4.69) is 31.4 Å². The van der Waals surface area contributed by atoms with Gasteiger partial charge >= 0.3 is 0 Å². The highest BCUT2D eigenvalue weighted by molar-refractivity contribution is 9.10. The molecule has 0 atom stereocenters. The molecule has 10 heteroatoms. The molecular weight excluding hydrogens is 408 g/mol. The molecule has 2 aromatic rings. The average molecular weight is 425 g/mol. The Hall–Kier alpha value is -1.48. The second kappa shape index (κ2) is 8.06.